The van der Waals surface area contributed by atoms with Crippen LogP contribution in [0.2, 0.25) is 18.1 Å². The number of hydrogen-bond donors (Lipinski definition) is 2. The Morgan fingerprint density at radius 2 is 1.83 bits per heavy atom. The monoisotopic (exact) mass is 353 g/mol. The van der Waals surface area contributed by atoms with Gasteiger partial charge in [-0.15, -0.1) is 0 Å². The zero-order valence-corrected chi connectivity index (χ0v) is 16.5. The number of aliphatic hydroxyl groups excluding tert-OH is 1. The fraction of sp³-hybridized carbons (Fsp3) is 0.611. The SMILES string of the molecule is CC(C)(C)[Si](C)(C)OCC(O)CCN(Cc1ccccc1)C(=O)O. The summed E-state index contributed by atoms with van der Waals surface area (Å²) in [5, 5.41) is 19.6. The van der Waals surface area contributed by atoms with Crippen molar-refractivity contribution in [3.63, 3.8) is 0 Å². The van der Waals surface area contributed by atoms with Crippen molar-refractivity contribution >= 4 is 14.4 Å². The molecule has 0 aliphatic rings. The molecule has 1 aromatic rings. The van der Waals surface area contributed by atoms with E-state index in [1.165, 1.54) is 4.90 Å². The quantitative estimate of drug-likeness (QED) is 0.695. The summed E-state index contributed by atoms with van der Waals surface area (Å²) >= 11 is 0. The highest BCUT2D eigenvalue weighted by molar-refractivity contribution is 6.74. The molecule has 5 nitrogen and oxygen atoms in total. The summed E-state index contributed by atoms with van der Waals surface area (Å²) in [5.74, 6) is 0. The Kier molecular flexibility index (Phi) is 7.44. The third-order valence-electron chi connectivity index (χ3n) is 4.66. The van der Waals surface area contributed by atoms with Crippen LogP contribution in [-0.2, 0) is 11.0 Å². The average Bonchev–Trinajstić information content (AvgIpc) is 2.49. The van der Waals surface area contributed by atoms with Crippen LogP contribution < -0.4 is 0 Å². The van der Waals surface area contributed by atoms with Crippen LogP contribution in [0.3, 0.4) is 0 Å². The molecule has 0 aromatic heterocycles. The lowest BCUT2D eigenvalue weighted by molar-refractivity contribution is 0.0784. The van der Waals surface area contributed by atoms with Crippen molar-refractivity contribution in [1.82, 2.24) is 4.90 Å². The molecule has 0 bridgehead atoms. The van der Waals surface area contributed by atoms with Crippen molar-refractivity contribution in [2.75, 3.05) is 13.2 Å². The van der Waals surface area contributed by atoms with Gasteiger partial charge in [0.25, 0.3) is 0 Å². The van der Waals surface area contributed by atoms with Gasteiger partial charge < -0.3 is 19.5 Å². The molecule has 0 aliphatic heterocycles. The lowest BCUT2D eigenvalue weighted by atomic mass is 10.2. The molecule has 1 rings (SSSR count). The minimum atomic E-state index is -1.90. The highest BCUT2D eigenvalue weighted by Crippen LogP contribution is 2.36. The van der Waals surface area contributed by atoms with Gasteiger partial charge in [0.15, 0.2) is 8.32 Å². The number of aliphatic hydroxyl groups is 1. The van der Waals surface area contributed by atoms with Gasteiger partial charge >= 0.3 is 6.09 Å². The predicted octanol–water partition coefficient (Wildman–Crippen LogP) is 3.94. The molecule has 2 N–H and O–H groups in total. The van der Waals surface area contributed by atoms with Crippen molar-refractivity contribution in [3.8, 4) is 0 Å². The Morgan fingerprint density at radius 1 is 1.25 bits per heavy atom. The highest BCUT2D eigenvalue weighted by atomic mass is 28.4. The molecule has 0 radical (unpaired) electrons. The van der Waals surface area contributed by atoms with Gasteiger partial charge in [-0.1, -0.05) is 51.1 Å². The molecule has 0 fully saturated rings. The minimum Gasteiger partial charge on any atom is -0.465 e. The summed E-state index contributed by atoms with van der Waals surface area (Å²) in [4.78, 5) is 12.7. The molecule has 1 aromatic carbocycles. The number of amides is 1. The smallest absolute Gasteiger partial charge is 0.407 e. The molecule has 6 heteroatoms. The maximum Gasteiger partial charge on any atom is 0.407 e. The summed E-state index contributed by atoms with van der Waals surface area (Å²) in [6, 6.07) is 9.46. The van der Waals surface area contributed by atoms with Crippen LogP contribution >= 0.6 is 0 Å². The molecule has 0 saturated carbocycles. The number of benzene rings is 1. The topological polar surface area (TPSA) is 70.0 Å². The second-order valence-corrected chi connectivity index (χ2v) is 12.5. The molecule has 0 spiro atoms. The van der Waals surface area contributed by atoms with Gasteiger partial charge in [-0.25, -0.2) is 4.79 Å². The van der Waals surface area contributed by atoms with Crippen molar-refractivity contribution in [2.45, 2.75) is 58.0 Å². The van der Waals surface area contributed by atoms with E-state index in [1.807, 2.05) is 30.3 Å². The normalized spacial score (nSPS) is 13.6. The zero-order chi connectivity index (χ0) is 18.4. The van der Waals surface area contributed by atoms with E-state index in [4.69, 9.17) is 4.43 Å². The maximum absolute atomic E-state index is 11.4. The fourth-order valence-corrected chi connectivity index (χ4v) is 3.00. The standard InChI is InChI=1S/C18H31NO4Si/c1-18(2,3)24(4,5)23-14-16(20)11-12-19(17(21)22)13-15-9-7-6-8-10-15/h6-10,16,20H,11-14H2,1-5H3,(H,21,22). The van der Waals surface area contributed by atoms with Crippen LogP contribution in [0.5, 0.6) is 0 Å². The average molecular weight is 354 g/mol. The summed E-state index contributed by atoms with van der Waals surface area (Å²) in [6.07, 6.45) is -1.26. The molecule has 1 atom stereocenters. The predicted molar refractivity (Wildman–Crippen MR) is 98.6 cm³/mol. The molecular formula is C18H31NO4Si. The fourth-order valence-electron chi connectivity index (χ4n) is 1.96. The van der Waals surface area contributed by atoms with Gasteiger partial charge in [-0.2, -0.15) is 0 Å². The van der Waals surface area contributed by atoms with E-state index in [0.29, 0.717) is 13.0 Å². The summed E-state index contributed by atoms with van der Waals surface area (Å²) in [5.41, 5.74) is 0.937. The van der Waals surface area contributed by atoms with E-state index in [2.05, 4.69) is 33.9 Å². The lowest BCUT2D eigenvalue weighted by Crippen LogP contribution is -2.43. The third kappa shape index (κ3) is 6.63. The molecule has 136 valence electrons. The molecule has 24 heavy (non-hydrogen) atoms. The Labute approximate surface area is 146 Å². The number of rotatable bonds is 8. The number of hydrogen-bond acceptors (Lipinski definition) is 3. The van der Waals surface area contributed by atoms with Crippen molar-refractivity contribution in [2.24, 2.45) is 0 Å². The van der Waals surface area contributed by atoms with E-state index in [9.17, 15) is 15.0 Å². The van der Waals surface area contributed by atoms with Crippen molar-refractivity contribution in [3.05, 3.63) is 35.9 Å². The lowest BCUT2D eigenvalue weighted by Gasteiger charge is -2.36. The summed E-state index contributed by atoms with van der Waals surface area (Å²) in [7, 11) is -1.90. The first kappa shape index (κ1) is 20.7. The Bertz CT molecular complexity index is 514. The van der Waals surface area contributed by atoms with Crippen LogP contribution in [0.4, 0.5) is 4.79 Å². The Balaban J connectivity index is 2.48. The van der Waals surface area contributed by atoms with E-state index >= 15 is 0 Å². The largest absolute Gasteiger partial charge is 0.465 e. The number of carbonyl (C=O) groups is 1. The molecule has 0 heterocycles. The first-order chi connectivity index (χ1) is 11.0. The second kappa shape index (κ2) is 8.64. The molecular weight excluding hydrogens is 322 g/mol. The number of nitrogens with zero attached hydrogens (tertiary/aromatic N) is 1. The first-order valence-corrected chi connectivity index (χ1v) is 11.3. The van der Waals surface area contributed by atoms with Gasteiger partial charge in [0.05, 0.1) is 12.7 Å². The molecule has 1 amide bonds. The Hall–Kier alpha value is -1.37. The van der Waals surface area contributed by atoms with Gasteiger partial charge in [0.2, 0.25) is 0 Å². The van der Waals surface area contributed by atoms with E-state index in [0.717, 1.165) is 5.56 Å². The van der Waals surface area contributed by atoms with Crippen molar-refractivity contribution in [1.29, 1.82) is 0 Å². The van der Waals surface area contributed by atoms with E-state index in [-0.39, 0.29) is 18.2 Å². The van der Waals surface area contributed by atoms with Gasteiger partial charge in [-0.3, -0.25) is 0 Å². The molecule has 0 aliphatic carbocycles. The summed E-state index contributed by atoms with van der Waals surface area (Å²) < 4.78 is 5.99. The first-order valence-electron chi connectivity index (χ1n) is 8.37. The number of carboxylic acid groups (broad SMARTS) is 1. The maximum atomic E-state index is 11.4. The zero-order valence-electron chi connectivity index (χ0n) is 15.5. The Morgan fingerprint density at radius 3 is 2.33 bits per heavy atom. The highest BCUT2D eigenvalue weighted by Gasteiger charge is 2.37. The van der Waals surface area contributed by atoms with E-state index < -0.39 is 20.5 Å². The van der Waals surface area contributed by atoms with E-state index in [1.54, 1.807) is 0 Å². The molecule has 0 saturated heterocycles. The molecule has 1 unspecified atom stereocenters. The second-order valence-electron chi connectivity index (χ2n) is 7.70. The van der Waals surface area contributed by atoms with Crippen LogP contribution in [0.1, 0.15) is 32.8 Å². The van der Waals surface area contributed by atoms with Crippen LogP contribution in [-0.4, -0.2) is 48.8 Å². The van der Waals surface area contributed by atoms with Crippen LogP contribution in [0.25, 0.3) is 0 Å². The van der Waals surface area contributed by atoms with Crippen LogP contribution in [0, 0.1) is 0 Å². The minimum absolute atomic E-state index is 0.0904. The van der Waals surface area contributed by atoms with Crippen LogP contribution in [0.15, 0.2) is 30.3 Å². The van der Waals surface area contributed by atoms with Crippen molar-refractivity contribution < 1.29 is 19.4 Å². The van der Waals surface area contributed by atoms with Gasteiger partial charge in [-0.05, 0) is 30.1 Å². The third-order valence-corrected chi connectivity index (χ3v) is 9.16. The van der Waals surface area contributed by atoms with Gasteiger partial charge in [0.1, 0.15) is 0 Å². The van der Waals surface area contributed by atoms with Gasteiger partial charge in [0, 0.05) is 13.1 Å². The summed E-state index contributed by atoms with van der Waals surface area (Å²) in [6.45, 7) is 11.6.